The molecule has 1 aromatic carbocycles. The molecule has 310 valence electrons. The molecule has 0 radical (unpaired) electrons. The van der Waals surface area contributed by atoms with E-state index in [0.29, 0.717) is 0 Å². The maximum absolute atomic E-state index is 4.02. The van der Waals surface area contributed by atoms with Crippen molar-refractivity contribution in [3.8, 4) is 0 Å². The summed E-state index contributed by atoms with van der Waals surface area (Å²) < 4.78 is 5.85. The van der Waals surface area contributed by atoms with E-state index in [1.165, 1.54) is 226 Å². The van der Waals surface area contributed by atoms with Crippen molar-refractivity contribution in [3.63, 3.8) is 0 Å². The van der Waals surface area contributed by atoms with Gasteiger partial charge in [-0.15, -0.1) is 22.7 Å². The van der Waals surface area contributed by atoms with Crippen LogP contribution in [0.4, 0.5) is 0 Å². The van der Waals surface area contributed by atoms with E-state index in [4.69, 9.17) is 0 Å². The number of halogens is 2. The Morgan fingerprint density at radius 1 is 0.370 bits per heavy atom. The van der Waals surface area contributed by atoms with Gasteiger partial charge in [0.25, 0.3) is 0 Å². The number of hydrogen-bond acceptors (Lipinski definition) is 2. The van der Waals surface area contributed by atoms with Gasteiger partial charge in [-0.1, -0.05) is 233 Å². The molecule has 0 aliphatic rings. The van der Waals surface area contributed by atoms with E-state index in [2.05, 4.69) is 71.7 Å². The van der Waals surface area contributed by atoms with Crippen molar-refractivity contribution in [1.82, 2.24) is 0 Å². The van der Waals surface area contributed by atoms with Crippen LogP contribution >= 0.6 is 54.5 Å². The van der Waals surface area contributed by atoms with Crippen LogP contribution < -0.4 is 0 Å². The zero-order valence-electron chi connectivity index (χ0n) is 35.9. The predicted molar refractivity (Wildman–Crippen MR) is 257 cm³/mol. The maximum atomic E-state index is 4.02. The fourth-order valence-corrected chi connectivity index (χ4v) is 12.5. The molecule has 0 nitrogen and oxygen atoms in total. The molecule has 2 unspecified atom stereocenters. The van der Waals surface area contributed by atoms with E-state index in [1.807, 2.05) is 22.7 Å². The van der Waals surface area contributed by atoms with Gasteiger partial charge in [-0.3, -0.25) is 0 Å². The minimum absolute atomic E-state index is 0.801. The first kappa shape index (κ1) is 48.5. The highest BCUT2D eigenvalue weighted by atomic mass is 79.9. The van der Waals surface area contributed by atoms with Crippen LogP contribution in [-0.2, 0) is 12.8 Å². The molecule has 0 aliphatic carbocycles. The summed E-state index contributed by atoms with van der Waals surface area (Å²) in [5, 5.41) is 3.16. The van der Waals surface area contributed by atoms with Gasteiger partial charge in [0.1, 0.15) is 0 Å². The summed E-state index contributed by atoms with van der Waals surface area (Å²) in [7, 11) is 0. The van der Waals surface area contributed by atoms with Crippen LogP contribution in [0.5, 0.6) is 0 Å². The third kappa shape index (κ3) is 19.2. The highest BCUT2D eigenvalue weighted by Gasteiger charge is 2.23. The predicted octanol–water partition coefficient (Wildman–Crippen LogP) is 20.5. The second-order valence-electron chi connectivity index (χ2n) is 17.3. The molecule has 0 amide bonds. The fraction of sp³-hybridized carbons (Fsp3) is 0.800. The van der Waals surface area contributed by atoms with Crippen LogP contribution in [-0.4, -0.2) is 0 Å². The van der Waals surface area contributed by atoms with Gasteiger partial charge in [0.15, 0.2) is 0 Å². The molecule has 0 aliphatic heterocycles. The zero-order chi connectivity index (χ0) is 38.6. The van der Waals surface area contributed by atoms with Gasteiger partial charge in [0, 0.05) is 9.40 Å². The second kappa shape index (κ2) is 31.1. The number of benzene rings is 1. The van der Waals surface area contributed by atoms with Crippen LogP contribution in [0, 0.1) is 11.8 Å². The molecule has 3 aromatic rings. The van der Waals surface area contributed by atoms with E-state index in [9.17, 15) is 0 Å². The molecular weight excluding hydrogens is 824 g/mol. The summed E-state index contributed by atoms with van der Waals surface area (Å²) in [5.41, 5.74) is 3.35. The second-order valence-corrected chi connectivity index (χ2v) is 22.2. The van der Waals surface area contributed by atoms with Crippen molar-refractivity contribution in [2.75, 3.05) is 0 Å². The lowest BCUT2D eigenvalue weighted by atomic mass is 9.84. The Morgan fingerprint density at radius 2 is 0.611 bits per heavy atom. The first-order chi connectivity index (χ1) is 26.5. The van der Waals surface area contributed by atoms with Crippen molar-refractivity contribution in [2.45, 2.75) is 246 Å². The standard InChI is InChI=1S/C50H84Br2S2/c1-5-9-13-17-21-23-27-31-35-41(33-29-25-19-15-11-7-3)37-43-45-39-47(51)54-50(45)44(46-40-48(52)53-49(43)46)38-42(34-30-26-20-16-12-8-4)36-32-28-24-22-18-14-10-6-2/h39-42H,5-38H2,1-4H3. The van der Waals surface area contributed by atoms with Gasteiger partial charge in [-0.25, -0.2) is 0 Å². The highest BCUT2D eigenvalue weighted by Crippen LogP contribution is 2.46. The van der Waals surface area contributed by atoms with E-state index >= 15 is 0 Å². The molecule has 0 bridgehead atoms. The van der Waals surface area contributed by atoms with Crippen molar-refractivity contribution in [3.05, 3.63) is 30.8 Å². The smallest absolute Gasteiger partial charge is 0.0711 e. The summed E-state index contributed by atoms with van der Waals surface area (Å²) in [6, 6.07) is 5.04. The van der Waals surface area contributed by atoms with Crippen LogP contribution in [0.1, 0.15) is 244 Å². The van der Waals surface area contributed by atoms with Crippen molar-refractivity contribution in [1.29, 1.82) is 0 Å². The lowest BCUT2D eigenvalue weighted by Gasteiger charge is -2.22. The van der Waals surface area contributed by atoms with Gasteiger partial charge < -0.3 is 0 Å². The molecule has 54 heavy (non-hydrogen) atoms. The van der Waals surface area contributed by atoms with Crippen molar-refractivity contribution >= 4 is 74.7 Å². The number of hydrogen-bond donors (Lipinski definition) is 0. The number of rotatable bonds is 36. The molecule has 2 atom stereocenters. The summed E-state index contributed by atoms with van der Waals surface area (Å²) in [6.45, 7) is 9.33. The first-order valence-corrected chi connectivity index (χ1v) is 27.1. The molecule has 2 heterocycles. The molecule has 3 rings (SSSR count). The van der Waals surface area contributed by atoms with Crippen molar-refractivity contribution < 1.29 is 0 Å². The average molecular weight is 909 g/mol. The fourth-order valence-electron chi connectivity index (χ4n) is 9.10. The monoisotopic (exact) mass is 906 g/mol. The van der Waals surface area contributed by atoms with Crippen LogP contribution in [0.25, 0.3) is 20.2 Å². The lowest BCUT2D eigenvalue weighted by molar-refractivity contribution is 0.401. The molecule has 0 N–H and O–H groups in total. The Hall–Kier alpha value is 0.1000. The quantitative estimate of drug-likeness (QED) is 0.0510. The topological polar surface area (TPSA) is 0 Å². The lowest BCUT2D eigenvalue weighted by Crippen LogP contribution is -2.08. The minimum Gasteiger partial charge on any atom is -0.128 e. The Balaban J connectivity index is 1.80. The molecule has 4 heteroatoms. The van der Waals surface area contributed by atoms with Gasteiger partial charge >= 0.3 is 0 Å². The third-order valence-corrected chi connectivity index (χ3v) is 15.8. The molecule has 0 fully saturated rings. The SMILES string of the molecule is CCCCCCCCCCC(CCCCCCCC)Cc1c2cc(Br)sc2c(CC(CCCCCCCC)CCCCCCCCCC)c2cc(Br)sc12. The minimum atomic E-state index is 0.801. The van der Waals surface area contributed by atoms with E-state index in [0.717, 1.165) is 11.8 Å². The largest absolute Gasteiger partial charge is 0.128 e. The highest BCUT2D eigenvalue weighted by molar-refractivity contribution is 9.11. The van der Waals surface area contributed by atoms with Crippen LogP contribution in [0.15, 0.2) is 19.7 Å². The van der Waals surface area contributed by atoms with Crippen LogP contribution in [0.3, 0.4) is 0 Å². The number of fused-ring (bicyclic) bond motifs is 2. The maximum Gasteiger partial charge on any atom is 0.0711 e. The molecular formula is C50H84Br2S2. The van der Waals surface area contributed by atoms with Crippen LogP contribution in [0.2, 0.25) is 0 Å². The van der Waals surface area contributed by atoms with E-state index < -0.39 is 0 Å². The zero-order valence-corrected chi connectivity index (χ0v) is 40.7. The molecule has 0 saturated carbocycles. The first-order valence-electron chi connectivity index (χ1n) is 23.8. The number of thiophene rings is 2. The average Bonchev–Trinajstić information content (AvgIpc) is 3.75. The Labute approximate surface area is 360 Å². The molecule has 0 saturated heterocycles. The Morgan fingerprint density at radius 3 is 0.870 bits per heavy atom. The number of unbranched alkanes of at least 4 members (excludes halogenated alkanes) is 24. The van der Waals surface area contributed by atoms with E-state index in [-0.39, 0.29) is 0 Å². The summed E-state index contributed by atoms with van der Waals surface area (Å²) >= 11 is 12.1. The van der Waals surface area contributed by atoms with Gasteiger partial charge in [-0.2, -0.15) is 0 Å². The summed E-state index contributed by atoms with van der Waals surface area (Å²) in [4.78, 5) is 0. The normalized spacial score (nSPS) is 13.1. The molecule has 2 aromatic heterocycles. The Kier molecular flexibility index (Phi) is 27.9. The van der Waals surface area contributed by atoms with Gasteiger partial charge in [0.2, 0.25) is 0 Å². The van der Waals surface area contributed by atoms with Crippen molar-refractivity contribution in [2.24, 2.45) is 11.8 Å². The Bertz CT molecular complexity index is 1180. The molecule has 0 spiro atoms. The van der Waals surface area contributed by atoms with E-state index in [1.54, 1.807) is 31.3 Å². The summed E-state index contributed by atoms with van der Waals surface area (Å²) in [5.74, 6) is 1.60. The third-order valence-electron chi connectivity index (χ3n) is 12.5. The van der Waals surface area contributed by atoms with Gasteiger partial charge in [-0.05, 0) is 90.6 Å². The van der Waals surface area contributed by atoms with Gasteiger partial charge in [0.05, 0.1) is 7.57 Å². The summed E-state index contributed by atoms with van der Waals surface area (Å²) in [6.07, 6.45) is 47.7.